The van der Waals surface area contributed by atoms with Crippen molar-refractivity contribution in [3.63, 3.8) is 0 Å². The smallest absolute Gasteiger partial charge is 0.250 e. The first-order valence-corrected chi connectivity index (χ1v) is 6.30. The second-order valence-corrected chi connectivity index (χ2v) is 4.86. The number of aryl methyl sites for hydroxylation is 1. The summed E-state index contributed by atoms with van der Waals surface area (Å²) in [5, 5.41) is 6.87. The van der Waals surface area contributed by atoms with Gasteiger partial charge in [0.05, 0.1) is 0 Å². The third kappa shape index (κ3) is 2.76. The number of carbonyl (C=O) groups is 1. The third-order valence-electron chi connectivity index (χ3n) is 2.59. The van der Waals surface area contributed by atoms with Crippen LogP contribution in [0.15, 0.2) is 35.1 Å². The van der Waals surface area contributed by atoms with E-state index in [1.54, 1.807) is 30.1 Å². The van der Waals surface area contributed by atoms with E-state index in [0.717, 1.165) is 10.2 Å². The van der Waals surface area contributed by atoms with E-state index in [1.165, 1.54) is 0 Å². The van der Waals surface area contributed by atoms with Gasteiger partial charge in [-0.05, 0) is 48.0 Å². The van der Waals surface area contributed by atoms with E-state index in [1.807, 2.05) is 19.1 Å². The first-order chi connectivity index (χ1) is 8.58. The van der Waals surface area contributed by atoms with Gasteiger partial charge in [-0.15, -0.1) is 0 Å². The number of hydrogen-bond donors (Lipinski definition) is 1. The Morgan fingerprint density at radius 1 is 1.44 bits per heavy atom. The first-order valence-electron chi connectivity index (χ1n) is 5.50. The van der Waals surface area contributed by atoms with Gasteiger partial charge < -0.3 is 5.32 Å². The summed E-state index contributed by atoms with van der Waals surface area (Å²) >= 11 is 3.29. The zero-order valence-electron chi connectivity index (χ0n) is 10.1. The number of nitrogens with one attached hydrogen (secondary N) is 1. The van der Waals surface area contributed by atoms with Crippen molar-refractivity contribution in [3.05, 3.63) is 40.8 Å². The van der Waals surface area contributed by atoms with Crippen LogP contribution in [-0.4, -0.2) is 20.7 Å². The Kier molecular flexibility index (Phi) is 3.76. The van der Waals surface area contributed by atoms with Gasteiger partial charge >= 0.3 is 0 Å². The largest absolute Gasteiger partial charge is 0.309 e. The summed E-state index contributed by atoms with van der Waals surface area (Å²) in [5.74, 6) is 0.386. The van der Waals surface area contributed by atoms with Crippen molar-refractivity contribution in [3.8, 4) is 0 Å². The second-order valence-electron chi connectivity index (χ2n) is 3.94. The predicted octanol–water partition coefficient (Wildman–Crippen LogP) is 2.55. The van der Waals surface area contributed by atoms with Crippen molar-refractivity contribution in [2.45, 2.75) is 19.9 Å². The third-order valence-corrected chi connectivity index (χ3v) is 3.06. The van der Waals surface area contributed by atoms with Crippen LogP contribution in [0.4, 0.5) is 5.82 Å². The highest BCUT2D eigenvalue weighted by molar-refractivity contribution is 9.10. The predicted molar refractivity (Wildman–Crippen MR) is 72.2 cm³/mol. The molecule has 5 nitrogen and oxygen atoms in total. The molecule has 0 bridgehead atoms. The number of carbonyl (C=O) groups excluding carboxylic acids is 1. The molecule has 1 N–H and O–H groups in total. The Labute approximate surface area is 113 Å². The van der Waals surface area contributed by atoms with E-state index in [4.69, 9.17) is 0 Å². The van der Waals surface area contributed by atoms with Crippen molar-refractivity contribution < 1.29 is 4.79 Å². The first kappa shape index (κ1) is 12.8. The van der Waals surface area contributed by atoms with Crippen LogP contribution in [0.5, 0.6) is 0 Å². The molecule has 18 heavy (non-hydrogen) atoms. The summed E-state index contributed by atoms with van der Waals surface area (Å²) in [6.07, 6.45) is 3.32. The highest BCUT2D eigenvalue weighted by Gasteiger charge is 2.17. The van der Waals surface area contributed by atoms with Gasteiger partial charge in [0.1, 0.15) is 11.9 Å². The Balaban J connectivity index is 2.08. The molecule has 1 atom stereocenters. The molecule has 2 aromatic rings. The van der Waals surface area contributed by atoms with E-state index in [-0.39, 0.29) is 11.9 Å². The summed E-state index contributed by atoms with van der Waals surface area (Å²) in [6.45, 7) is 3.71. The monoisotopic (exact) mass is 308 g/mol. The lowest BCUT2D eigenvalue weighted by molar-refractivity contribution is -0.119. The maximum absolute atomic E-state index is 12.0. The van der Waals surface area contributed by atoms with Gasteiger partial charge in [-0.1, -0.05) is 0 Å². The second kappa shape index (κ2) is 5.30. The van der Waals surface area contributed by atoms with Gasteiger partial charge in [0, 0.05) is 22.6 Å². The number of pyridine rings is 1. The lowest BCUT2D eigenvalue weighted by Crippen LogP contribution is -2.25. The normalized spacial score (nSPS) is 12.2. The molecule has 0 aliphatic rings. The fourth-order valence-electron chi connectivity index (χ4n) is 1.58. The number of amides is 1. The van der Waals surface area contributed by atoms with Crippen LogP contribution in [0.2, 0.25) is 0 Å². The van der Waals surface area contributed by atoms with Crippen LogP contribution >= 0.6 is 15.9 Å². The summed E-state index contributed by atoms with van der Waals surface area (Å²) in [5.41, 5.74) is 0.946. The highest BCUT2D eigenvalue weighted by Crippen LogP contribution is 2.13. The molecule has 2 rings (SSSR count). The number of anilines is 1. The minimum atomic E-state index is -0.370. The summed E-state index contributed by atoms with van der Waals surface area (Å²) in [6, 6.07) is 5.06. The van der Waals surface area contributed by atoms with Gasteiger partial charge in [0.25, 0.3) is 0 Å². The molecule has 0 aliphatic heterocycles. The topological polar surface area (TPSA) is 59.8 Å². The molecule has 1 amide bonds. The zero-order chi connectivity index (χ0) is 13.1. The Bertz CT molecular complexity index is 549. The van der Waals surface area contributed by atoms with Crippen LogP contribution in [0.1, 0.15) is 18.7 Å². The van der Waals surface area contributed by atoms with Gasteiger partial charge in [0.2, 0.25) is 5.91 Å². The lowest BCUT2D eigenvalue weighted by atomic mass is 10.3. The highest BCUT2D eigenvalue weighted by atomic mass is 79.9. The van der Waals surface area contributed by atoms with Gasteiger partial charge in [-0.2, -0.15) is 5.10 Å². The molecular weight excluding hydrogens is 296 g/mol. The van der Waals surface area contributed by atoms with Crippen LogP contribution < -0.4 is 5.32 Å². The molecule has 0 saturated heterocycles. The number of hydrogen-bond acceptors (Lipinski definition) is 3. The average Bonchev–Trinajstić information content (AvgIpc) is 2.77. The molecule has 0 saturated carbocycles. The van der Waals surface area contributed by atoms with Crippen LogP contribution in [0, 0.1) is 6.92 Å². The Hall–Kier alpha value is -1.69. The van der Waals surface area contributed by atoms with Gasteiger partial charge in [-0.25, -0.2) is 4.98 Å². The van der Waals surface area contributed by atoms with E-state index >= 15 is 0 Å². The molecule has 0 aromatic carbocycles. The number of nitrogens with zero attached hydrogens (tertiary/aromatic N) is 3. The standard InChI is InChI=1S/C12H13BrN4O/c1-8-5-6-15-17(8)9(2)12(18)16-11-4-3-10(13)7-14-11/h3-7,9H,1-2H3,(H,14,16,18). The van der Waals surface area contributed by atoms with Crippen LogP contribution in [0.25, 0.3) is 0 Å². The molecule has 0 radical (unpaired) electrons. The fourth-order valence-corrected chi connectivity index (χ4v) is 1.81. The quantitative estimate of drug-likeness (QED) is 0.948. The molecule has 2 heterocycles. The van der Waals surface area contributed by atoms with E-state index in [9.17, 15) is 4.79 Å². The van der Waals surface area contributed by atoms with Gasteiger partial charge in [0.15, 0.2) is 0 Å². The average molecular weight is 309 g/mol. The Morgan fingerprint density at radius 2 is 2.22 bits per heavy atom. The van der Waals surface area contributed by atoms with Crippen molar-refractivity contribution in [1.82, 2.24) is 14.8 Å². The fraction of sp³-hybridized carbons (Fsp3) is 0.250. The van der Waals surface area contributed by atoms with Crippen molar-refractivity contribution in [2.75, 3.05) is 5.32 Å². The van der Waals surface area contributed by atoms with Gasteiger partial charge in [-0.3, -0.25) is 9.48 Å². The summed E-state index contributed by atoms with van der Waals surface area (Å²) in [4.78, 5) is 16.1. The van der Waals surface area contributed by atoms with Crippen LogP contribution in [-0.2, 0) is 4.79 Å². The molecule has 6 heteroatoms. The molecule has 1 unspecified atom stereocenters. The van der Waals surface area contributed by atoms with Crippen LogP contribution in [0.3, 0.4) is 0 Å². The molecule has 2 aromatic heterocycles. The lowest BCUT2D eigenvalue weighted by Gasteiger charge is -2.13. The molecule has 0 spiro atoms. The minimum absolute atomic E-state index is 0.142. The maximum atomic E-state index is 12.0. The summed E-state index contributed by atoms with van der Waals surface area (Å²) < 4.78 is 2.55. The van der Waals surface area contributed by atoms with Crippen molar-refractivity contribution in [1.29, 1.82) is 0 Å². The molecule has 0 aliphatic carbocycles. The molecule has 94 valence electrons. The summed E-state index contributed by atoms with van der Waals surface area (Å²) in [7, 11) is 0. The van der Waals surface area contributed by atoms with Crippen molar-refractivity contribution in [2.24, 2.45) is 0 Å². The van der Waals surface area contributed by atoms with E-state index in [0.29, 0.717) is 5.82 Å². The number of aromatic nitrogens is 3. The number of halogens is 1. The van der Waals surface area contributed by atoms with E-state index < -0.39 is 0 Å². The Morgan fingerprint density at radius 3 is 2.78 bits per heavy atom. The SMILES string of the molecule is Cc1ccnn1C(C)C(=O)Nc1ccc(Br)cn1. The number of rotatable bonds is 3. The van der Waals surface area contributed by atoms with Crippen molar-refractivity contribution >= 4 is 27.7 Å². The zero-order valence-corrected chi connectivity index (χ0v) is 11.7. The molecule has 0 fully saturated rings. The van der Waals surface area contributed by atoms with E-state index in [2.05, 4.69) is 31.3 Å². The maximum Gasteiger partial charge on any atom is 0.250 e. The molecular formula is C12H13BrN4O. The minimum Gasteiger partial charge on any atom is -0.309 e.